The van der Waals surface area contributed by atoms with E-state index in [0.29, 0.717) is 35.1 Å². The molecule has 8 aromatic carbocycles. The normalized spacial score (nSPS) is 11.5. The molecule has 8 nitrogen and oxygen atoms in total. The molecule has 62 heavy (non-hydrogen) atoms. The van der Waals surface area contributed by atoms with E-state index in [0.717, 1.165) is 66.3 Å². The third kappa shape index (κ3) is 5.92. The summed E-state index contributed by atoms with van der Waals surface area (Å²) in [6.45, 7) is 0. The van der Waals surface area contributed by atoms with Gasteiger partial charge in [-0.15, -0.1) is 0 Å². The number of hydrogen-bond donors (Lipinski definition) is 0. The second kappa shape index (κ2) is 14.6. The lowest BCUT2D eigenvalue weighted by molar-refractivity contribution is 0.953. The minimum absolute atomic E-state index is 0.531. The molecule has 0 saturated heterocycles. The number of rotatable bonds is 7. The Morgan fingerprint density at radius 1 is 0.258 bits per heavy atom. The highest BCUT2D eigenvalue weighted by Crippen LogP contribution is 2.42. The van der Waals surface area contributed by atoms with Gasteiger partial charge in [-0.3, -0.25) is 4.57 Å². The van der Waals surface area contributed by atoms with Crippen LogP contribution in [0.2, 0.25) is 0 Å². The predicted octanol–water partition coefficient (Wildman–Crippen LogP) is 12.6. The van der Waals surface area contributed by atoms with Crippen LogP contribution in [-0.4, -0.2) is 39.0 Å². The van der Waals surface area contributed by atoms with Gasteiger partial charge in [0.1, 0.15) is 0 Å². The molecule has 0 atom stereocenters. The second-order valence-electron chi connectivity index (χ2n) is 15.2. The van der Waals surface area contributed by atoms with Crippen LogP contribution in [0.1, 0.15) is 0 Å². The average Bonchev–Trinajstić information content (AvgIpc) is 3.88. The summed E-state index contributed by atoms with van der Waals surface area (Å²) >= 11 is 0. The maximum atomic E-state index is 5.28. The molecule has 0 radical (unpaired) electrons. The summed E-state index contributed by atoms with van der Waals surface area (Å²) in [6, 6.07) is 70.4. The number of para-hydroxylation sites is 3. The van der Waals surface area contributed by atoms with E-state index in [1.807, 2.05) is 115 Å². The quantitative estimate of drug-likeness (QED) is 0.160. The molecule has 0 N–H and O–H groups in total. The van der Waals surface area contributed by atoms with Crippen molar-refractivity contribution in [3.8, 4) is 68.6 Å². The first-order valence-corrected chi connectivity index (χ1v) is 20.6. The van der Waals surface area contributed by atoms with Crippen molar-refractivity contribution in [1.29, 1.82) is 0 Å². The van der Waals surface area contributed by atoms with Crippen LogP contribution in [0.25, 0.3) is 112 Å². The van der Waals surface area contributed by atoms with Crippen LogP contribution in [0.4, 0.5) is 0 Å². The van der Waals surface area contributed by atoms with Gasteiger partial charge in [0, 0.05) is 55.0 Å². The molecular weight excluding hydrogens is 761 g/mol. The molecule has 0 spiro atoms. The highest BCUT2D eigenvalue weighted by molar-refractivity contribution is 6.26. The zero-order valence-electron chi connectivity index (χ0n) is 33.2. The third-order valence-corrected chi connectivity index (χ3v) is 11.4. The number of nitrogens with zero attached hydrogens (tertiary/aromatic N) is 8. The van der Waals surface area contributed by atoms with Gasteiger partial charge < -0.3 is 4.57 Å². The summed E-state index contributed by atoms with van der Waals surface area (Å²) < 4.78 is 4.57. The molecule has 0 amide bonds. The van der Waals surface area contributed by atoms with Crippen molar-refractivity contribution in [3.63, 3.8) is 0 Å². The van der Waals surface area contributed by atoms with Crippen molar-refractivity contribution < 1.29 is 0 Å². The molecule has 0 saturated carbocycles. The van der Waals surface area contributed by atoms with Crippen molar-refractivity contribution in [3.05, 3.63) is 206 Å². The minimum Gasteiger partial charge on any atom is -0.309 e. The first-order chi connectivity index (χ1) is 30.7. The van der Waals surface area contributed by atoms with E-state index in [-0.39, 0.29) is 0 Å². The van der Waals surface area contributed by atoms with Crippen molar-refractivity contribution in [1.82, 2.24) is 39.0 Å². The van der Waals surface area contributed by atoms with Crippen molar-refractivity contribution in [2.75, 3.05) is 0 Å². The smallest absolute Gasteiger partial charge is 0.238 e. The topological polar surface area (TPSA) is 87.2 Å². The Kier molecular flexibility index (Phi) is 8.31. The molecule has 290 valence electrons. The van der Waals surface area contributed by atoms with Crippen molar-refractivity contribution >= 4 is 43.6 Å². The first kappa shape index (κ1) is 35.3. The molecule has 0 aliphatic rings. The Morgan fingerprint density at radius 2 is 0.645 bits per heavy atom. The van der Waals surface area contributed by atoms with Crippen LogP contribution >= 0.6 is 0 Å². The van der Waals surface area contributed by atoms with Crippen LogP contribution in [0.3, 0.4) is 0 Å². The summed E-state index contributed by atoms with van der Waals surface area (Å²) in [5, 5.41) is 4.63. The highest BCUT2D eigenvalue weighted by Gasteiger charge is 2.23. The third-order valence-electron chi connectivity index (χ3n) is 11.4. The monoisotopic (exact) mass is 794 g/mol. The van der Waals surface area contributed by atoms with E-state index >= 15 is 0 Å². The molecule has 4 aromatic heterocycles. The number of benzene rings is 8. The van der Waals surface area contributed by atoms with Crippen molar-refractivity contribution in [2.24, 2.45) is 0 Å². The molecule has 12 rings (SSSR count). The molecule has 0 unspecified atom stereocenters. The van der Waals surface area contributed by atoms with E-state index in [9.17, 15) is 0 Å². The molecule has 0 aliphatic heterocycles. The maximum absolute atomic E-state index is 5.28. The Morgan fingerprint density at radius 3 is 1.15 bits per heavy atom. The van der Waals surface area contributed by atoms with Crippen LogP contribution in [0, 0.1) is 0 Å². The molecular formula is C54H34N8. The summed E-state index contributed by atoms with van der Waals surface area (Å²) in [7, 11) is 0. The lowest BCUT2D eigenvalue weighted by Crippen LogP contribution is -2.06. The number of aromatic nitrogens is 8. The number of fused-ring (bicyclic) bond motifs is 7. The van der Waals surface area contributed by atoms with Gasteiger partial charge in [0.15, 0.2) is 29.1 Å². The molecule has 0 aliphatic carbocycles. The molecule has 0 fully saturated rings. The Bertz CT molecular complexity index is 3540. The minimum atomic E-state index is 0.531. The fourth-order valence-corrected chi connectivity index (χ4v) is 8.59. The van der Waals surface area contributed by atoms with Crippen LogP contribution in [0.15, 0.2) is 206 Å². The zero-order valence-corrected chi connectivity index (χ0v) is 33.2. The van der Waals surface area contributed by atoms with Gasteiger partial charge in [0.05, 0.1) is 22.1 Å². The lowest BCUT2D eigenvalue weighted by Gasteiger charge is -2.12. The fraction of sp³-hybridized carbons (Fsp3) is 0. The average molecular weight is 795 g/mol. The van der Waals surface area contributed by atoms with Gasteiger partial charge in [-0.05, 0) is 30.3 Å². The predicted molar refractivity (Wildman–Crippen MR) is 249 cm³/mol. The maximum Gasteiger partial charge on any atom is 0.238 e. The Labute approximate surface area is 356 Å². The molecule has 4 heterocycles. The Hall–Kier alpha value is -8.62. The van der Waals surface area contributed by atoms with Crippen LogP contribution in [0.5, 0.6) is 0 Å². The second-order valence-corrected chi connectivity index (χ2v) is 15.2. The fourth-order valence-electron chi connectivity index (χ4n) is 8.59. The largest absolute Gasteiger partial charge is 0.309 e. The van der Waals surface area contributed by atoms with E-state index < -0.39 is 0 Å². The van der Waals surface area contributed by atoms with Gasteiger partial charge in [-0.2, -0.15) is 9.97 Å². The summed E-state index contributed by atoms with van der Waals surface area (Å²) in [4.78, 5) is 30.4. The summed E-state index contributed by atoms with van der Waals surface area (Å²) in [6.07, 6.45) is 0. The van der Waals surface area contributed by atoms with Crippen LogP contribution < -0.4 is 0 Å². The Balaban J connectivity index is 1.05. The van der Waals surface area contributed by atoms with E-state index in [4.69, 9.17) is 29.9 Å². The van der Waals surface area contributed by atoms with Crippen LogP contribution in [-0.2, 0) is 0 Å². The SMILES string of the molecule is c1ccc(-c2nc(-c3ccccc3)nc(-c3ccc(-c4nc(-c5ccccc5)nc(-n5c6ccccc6c6c5ccc5c7ccccc7n(-c7ccccc7)c56)n4)cc3)n2)cc1. The number of hydrogen-bond acceptors (Lipinski definition) is 6. The lowest BCUT2D eigenvalue weighted by atomic mass is 10.1. The van der Waals surface area contributed by atoms with Gasteiger partial charge in [0.2, 0.25) is 5.95 Å². The molecule has 0 bridgehead atoms. The van der Waals surface area contributed by atoms with Gasteiger partial charge in [-0.1, -0.05) is 176 Å². The molecule has 12 aromatic rings. The summed E-state index contributed by atoms with van der Waals surface area (Å²) in [5.41, 5.74) is 9.83. The molecule has 8 heteroatoms. The summed E-state index contributed by atoms with van der Waals surface area (Å²) in [5.74, 6) is 3.47. The standard InChI is InChI=1S/C54H34N8/c1-5-17-35(18-6-1)49-55-50(36-19-7-2-8-20-36)57-51(56-49)38-29-31-39(32-30-38)53-58-52(37-21-9-3-10-22-37)59-54(60-53)62-45-28-16-14-26-43(45)47-46(62)34-33-42-41-25-13-15-27-44(41)61(48(42)47)40-23-11-4-12-24-40/h1-34H. The van der Waals surface area contributed by atoms with E-state index in [1.165, 1.54) is 10.8 Å². The van der Waals surface area contributed by atoms with E-state index in [1.54, 1.807) is 0 Å². The highest BCUT2D eigenvalue weighted by atomic mass is 15.2. The van der Waals surface area contributed by atoms with Gasteiger partial charge in [0.25, 0.3) is 0 Å². The van der Waals surface area contributed by atoms with Crippen molar-refractivity contribution in [2.45, 2.75) is 0 Å². The van der Waals surface area contributed by atoms with Gasteiger partial charge >= 0.3 is 0 Å². The first-order valence-electron chi connectivity index (χ1n) is 20.6. The van der Waals surface area contributed by atoms with E-state index in [2.05, 4.69) is 100 Å². The van der Waals surface area contributed by atoms with Gasteiger partial charge in [-0.25, -0.2) is 19.9 Å². The zero-order chi connectivity index (χ0) is 41.0.